The molecule has 1 saturated carbocycles. The first-order chi connectivity index (χ1) is 8.69. The molecule has 1 aromatic rings. The number of ether oxygens (including phenoxy) is 1. The number of hydrogen-bond donors (Lipinski definition) is 1. The quantitative estimate of drug-likeness (QED) is 0.885. The van der Waals surface area contributed by atoms with Crippen molar-refractivity contribution >= 4 is 0 Å². The molecule has 2 N–H and O–H groups in total. The van der Waals surface area contributed by atoms with Crippen molar-refractivity contribution in [2.75, 3.05) is 7.11 Å². The van der Waals surface area contributed by atoms with Gasteiger partial charge in [0.1, 0.15) is 5.75 Å². The smallest absolute Gasteiger partial charge is 0.118 e. The molecule has 0 bridgehead atoms. The number of methoxy groups -OCH3 is 1. The van der Waals surface area contributed by atoms with E-state index < -0.39 is 0 Å². The average molecular weight is 247 g/mol. The first kappa shape index (κ1) is 13.4. The molecule has 3 unspecified atom stereocenters. The van der Waals surface area contributed by atoms with E-state index in [9.17, 15) is 0 Å². The van der Waals surface area contributed by atoms with Crippen LogP contribution in [0.1, 0.15) is 38.2 Å². The maximum absolute atomic E-state index is 6.23. The fourth-order valence-corrected chi connectivity index (χ4v) is 3.00. The number of benzene rings is 1. The Morgan fingerprint density at radius 1 is 1.22 bits per heavy atom. The van der Waals surface area contributed by atoms with Gasteiger partial charge in [0.05, 0.1) is 7.11 Å². The predicted molar refractivity (Wildman–Crippen MR) is 75.8 cm³/mol. The largest absolute Gasteiger partial charge is 0.497 e. The van der Waals surface area contributed by atoms with Gasteiger partial charge in [-0.25, -0.2) is 0 Å². The Hall–Kier alpha value is -1.02. The Kier molecular flexibility index (Phi) is 4.65. The van der Waals surface area contributed by atoms with Crippen LogP contribution >= 0.6 is 0 Å². The molecular weight excluding hydrogens is 222 g/mol. The van der Waals surface area contributed by atoms with Crippen molar-refractivity contribution in [2.45, 2.75) is 45.1 Å². The van der Waals surface area contributed by atoms with Crippen molar-refractivity contribution in [3.8, 4) is 5.75 Å². The maximum Gasteiger partial charge on any atom is 0.118 e. The number of aryl methyl sites for hydroxylation is 1. The normalized spacial score (nSPS) is 28.1. The highest BCUT2D eigenvalue weighted by Crippen LogP contribution is 2.31. The summed E-state index contributed by atoms with van der Waals surface area (Å²) >= 11 is 0. The van der Waals surface area contributed by atoms with Crippen LogP contribution in [-0.2, 0) is 6.42 Å². The van der Waals surface area contributed by atoms with Crippen LogP contribution in [0.3, 0.4) is 0 Å². The van der Waals surface area contributed by atoms with E-state index in [4.69, 9.17) is 10.5 Å². The lowest BCUT2D eigenvalue weighted by molar-refractivity contribution is 0.234. The monoisotopic (exact) mass is 247 g/mol. The lowest BCUT2D eigenvalue weighted by Crippen LogP contribution is -2.35. The molecule has 0 spiro atoms. The summed E-state index contributed by atoms with van der Waals surface area (Å²) in [4.78, 5) is 0. The molecule has 0 aromatic heterocycles. The van der Waals surface area contributed by atoms with Crippen molar-refractivity contribution in [1.29, 1.82) is 0 Å². The third-order valence-electron chi connectivity index (χ3n) is 4.27. The molecule has 1 aliphatic rings. The van der Waals surface area contributed by atoms with Crippen molar-refractivity contribution in [2.24, 2.45) is 17.6 Å². The van der Waals surface area contributed by atoms with Crippen molar-refractivity contribution in [1.82, 2.24) is 0 Å². The zero-order chi connectivity index (χ0) is 13.0. The van der Waals surface area contributed by atoms with Crippen LogP contribution in [-0.4, -0.2) is 13.2 Å². The first-order valence-electron chi connectivity index (χ1n) is 7.07. The highest BCUT2D eigenvalue weighted by Gasteiger charge is 2.25. The van der Waals surface area contributed by atoms with E-state index in [1.54, 1.807) is 7.11 Å². The van der Waals surface area contributed by atoms with Gasteiger partial charge in [-0.1, -0.05) is 19.1 Å². The summed E-state index contributed by atoms with van der Waals surface area (Å²) < 4.78 is 5.17. The summed E-state index contributed by atoms with van der Waals surface area (Å²) in [6, 6.07) is 8.82. The van der Waals surface area contributed by atoms with E-state index in [0.717, 1.165) is 18.1 Å². The topological polar surface area (TPSA) is 35.2 Å². The second kappa shape index (κ2) is 6.24. The Labute approximate surface area is 111 Å². The standard InChI is InChI=1S/C16H25NO/c1-12-3-10-16(17)14(11-12)7-4-13-5-8-15(18-2)9-6-13/h5-6,8-9,12,14,16H,3-4,7,10-11,17H2,1-2H3. The third-order valence-corrected chi connectivity index (χ3v) is 4.27. The molecule has 0 saturated heterocycles. The Bertz CT molecular complexity index is 360. The second-order valence-electron chi connectivity index (χ2n) is 5.73. The summed E-state index contributed by atoms with van der Waals surface area (Å²) in [5, 5.41) is 0. The van der Waals surface area contributed by atoms with Gasteiger partial charge >= 0.3 is 0 Å². The number of hydrogen-bond acceptors (Lipinski definition) is 2. The summed E-state index contributed by atoms with van der Waals surface area (Å²) in [7, 11) is 1.71. The minimum absolute atomic E-state index is 0.416. The van der Waals surface area contributed by atoms with Gasteiger partial charge in [-0.3, -0.25) is 0 Å². The van der Waals surface area contributed by atoms with Crippen molar-refractivity contribution in [3.05, 3.63) is 29.8 Å². The fourth-order valence-electron chi connectivity index (χ4n) is 3.00. The highest BCUT2D eigenvalue weighted by atomic mass is 16.5. The SMILES string of the molecule is COc1ccc(CCC2CC(C)CCC2N)cc1. The lowest BCUT2D eigenvalue weighted by Gasteiger charge is -2.32. The van der Waals surface area contributed by atoms with Crippen LogP contribution < -0.4 is 10.5 Å². The molecule has 2 heteroatoms. The molecular formula is C16H25NO. The van der Waals surface area contributed by atoms with Gasteiger partial charge in [0.15, 0.2) is 0 Å². The van der Waals surface area contributed by atoms with Gasteiger partial charge in [0.25, 0.3) is 0 Å². The van der Waals surface area contributed by atoms with Crippen LogP contribution in [0.4, 0.5) is 0 Å². The van der Waals surface area contributed by atoms with Gasteiger partial charge < -0.3 is 10.5 Å². The van der Waals surface area contributed by atoms with Crippen LogP contribution in [0, 0.1) is 11.8 Å². The zero-order valence-corrected chi connectivity index (χ0v) is 11.6. The number of nitrogens with two attached hydrogens (primary N) is 1. The molecule has 0 amide bonds. The van der Waals surface area contributed by atoms with E-state index in [-0.39, 0.29) is 0 Å². The molecule has 0 aliphatic heterocycles. The molecule has 100 valence electrons. The summed E-state index contributed by atoms with van der Waals surface area (Å²) in [6.45, 7) is 2.35. The van der Waals surface area contributed by atoms with Crippen LogP contribution in [0.2, 0.25) is 0 Å². The van der Waals surface area contributed by atoms with E-state index in [2.05, 4.69) is 19.1 Å². The molecule has 1 aliphatic carbocycles. The minimum atomic E-state index is 0.416. The second-order valence-corrected chi connectivity index (χ2v) is 5.73. The van der Waals surface area contributed by atoms with Crippen LogP contribution in [0.25, 0.3) is 0 Å². The molecule has 18 heavy (non-hydrogen) atoms. The fraction of sp³-hybridized carbons (Fsp3) is 0.625. The molecule has 2 nitrogen and oxygen atoms in total. The maximum atomic E-state index is 6.23. The zero-order valence-electron chi connectivity index (χ0n) is 11.6. The predicted octanol–water partition coefficient (Wildman–Crippen LogP) is 3.39. The molecule has 3 atom stereocenters. The first-order valence-corrected chi connectivity index (χ1v) is 7.07. The van der Waals surface area contributed by atoms with Gasteiger partial charge in [0.2, 0.25) is 0 Å². The lowest BCUT2D eigenvalue weighted by atomic mass is 9.77. The summed E-state index contributed by atoms with van der Waals surface area (Å²) in [5.41, 5.74) is 7.62. The summed E-state index contributed by atoms with van der Waals surface area (Å²) in [5.74, 6) is 2.49. The van der Waals surface area contributed by atoms with Gasteiger partial charge in [-0.2, -0.15) is 0 Å². The Morgan fingerprint density at radius 3 is 2.61 bits per heavy atom. The molecule has 1 fully saturated rings. The van der Waals surface area contributed by atoms with Gasteiger partial charge in [0, 0.05) is 6.04 Å². The van der Waals surface area contributed by atoms with Crippen molar-refractivity contribution in [3.63, 3.8) is 0 Å². The van der Waals surface area contributed by atoms with Gasteiger partial charge in [-0.05, 0) is 61.6 Å². The van der Waals surface area contributed by atoms with E-state index in [1.165, 1.54) is 31.2 Å². The van der Waals surface area contributed by atoms with E-state index in [1.807, 2.05) is 12.1 Å². The molecule has 0 heterocycles. The minimum Gasteiger partial charge on any atom is -0.497 e. The Morgan fingerprint density at radius 2 is 1.94 bits per heavy atom. The average Bonchev–Trinajstić information content (AvgIpc) is 2.40. The molecule has 1 aromatic carbocycles. The Balaban J connectivity index is 1.86. The van der Waals surface area contributed by atoms with Gasteiger partial charge in [-0.15, -0.1) is 0 Å². The molecule has 2 rings (SSSR count). The summed E-state index contributed by atoms with van der Waals surface area (Å²) in [6.07, 6.45) is 6.17. The van der Waals surface area contributed by atoms with E-state index in [0.29, 0.717) is 12.0 Å². The third kappa shape index (κ3) is 3.49. The van der Waals surface area contributed by atoms with Crippen LogP contribution in [0.5, 0.6) is 5.75 Å². The molecule has 0 radical (unpaired) electrons. The van der Waals surface area contributed by atoms with E-state index >= 15 is 0 Å². The highest BCUT2D eigenvalue weighted by molar-refractivity contribution is 5.27. The number of rotatable bonds is 4. The van der Waals surface area contributed by atoms with Crippen LogP contribution in [0.15, 0.2) is 24.3 Å². The van der Waals surface area contributed by atoms with Crippen molar-refractivity contribution < 1.29 is 4.74 Å².